The van der Waals surface area contributed by atoms with Crippen LogP contribution >= 0.6 is 11.6 Å². The van der Waals surface area contributed by atoms with Crippen molar-refractivity contribution in [2.75, 3.05) is 25.0 Å². The average molecular weight is 301 g/mol. The van der Waals surface area contributed by atoms with Crippen LogP contribution in [-0.2, 0) is 4.79 Å². The van der Waals surface area contributed by atoms with E-state index in [0.717, 1.165) is 6.07 Å². The second-order valence-corrected chi connectivity index (χ2v) is 5.65. The summed E-state index contributed by atoms with van der Waals surface area (Å²) in [6.45, 7) is 3.58. The first-order valence-corrected chi connectivity index (χ1v) is 6.99. The zero-order chi connectivity index (χ0) is 14.7. The summed E-state index contributed by atoms with van der Waals surface area (Å²) in [6.07, 6.45) is 0.381. The fourth-order valence-electron chi connectivity index (χ4n) is 2.35. The third kappa shape index (κ3) is 3.91. The highest BCUT2D eigenvalue weighted by atomic mass is 35.5. The van der Waals surface area contributed by atoms with E-state index in [1.54, 1.807) is 0 Å². The third-order valence-corrected chi connectivity index (χ3v) is 3.83. The van der Waals surface area contributed by atoms with Crippen molar-refractivity contribution in [2.45, 2.75) is 19.4 Å². The molecule has 1 saturated heterocycles. The summed E-state index contributed by atoms with van der Waals surface area (Å²) in [4.78, 5) is 13.9. The van der Waals surface area contributed by atoms with Crippen molar-refractivity contribution in [3.8, 4) is 0 Å². The summed E-state index contributed by atoms with van der Waals surface area (Å²) in [5, 5.41) is 12.5. The van der Waals surface area contributed by atoms with Crippen molar-refractivity contribution in [1.82, 2.24) is 4.90 Å². The molecule has 2 rings (SSSR count). The standard InChI is InChI=1S/C14H18ClFN2O2/c1-9-7-18(5-4-13(9)19)8-14(20)17-12-3-2-10(16)6-11(12)15/h2-3,6,9,13,19H,4-5,7-8H2,1H3,(H,17,20). The Morgan fingerprint density at radius 2 is 2.35 bits per heavy atom. The van der Waals surface area contributed by atoms with Crippen LogP contribution in [0.5, 0.6) is 0 Å². The molecule has 1 heterocycles. The predicted molar refractivity (Wildman–Crippen MR) is 76.3 cm³/mol. The number of benzene rings is 1. The first-order valence-electron chi connectivity index (χ1n) is 6.61. The Kier molecular flexibility index (Phi) is 4.96. The molecule has 2 atom stereocenters. The average Bonchev–Trinajstić information content (AvgIpc) is 2.37. The maximum absolute atomic E-state index is 12.9. The van der Waals surface area contributed by atoms with Gasteiger partial charge >= 0.3 is 0 Å². The molecule has 0 aliphatic carbocycles. The van der Waals surface area contributed by atoms with E-state index < -0.39 is 5.82 Å². The highest BCUT2D eigenvalue weighted by Crippen LogP contribution is 2.22. The van der Waals surface area contributed by atoms with Gasteiger partial charge in [0.25, 0.3) is 0 Å². The molecule has 4 nitrogen and oxygen atoms in total. The monoisotopic (exact) mass is 300 g/mol. The molecule has 0 saturated carbocycles. The molecule has 20 heavy (non-hydrogen) atoms. The first-order chi connectivity index (χ1) is 9.45. The third-order valence-electron chi connectivity index (χ3n) is 3.52. The lowest BCUT2D eigenvalue weighted by Crippen LogP contribution is -2.45. The molecule has 1 aliphatic rings. The van der Waals surface area contributed by atoms with Gasteiger partial charge in [-0.15, -0.1) is 0 Å². The Morgan fingerprint density at radius 3 is 3.00 bits per heavy atom. The summed E-state index contributed by atoms with van der Waals surface area (Å²) in [6, 6.07) is 3.86. The first kappa shape index (κ1) is 15.2. The lowest BCUT2D eigenvalue weighted by molar-refractivity contribution is -0.118. The molecule has 0 aromatic heterocycles. The Hall–Kier alpha value is -1.17. The van der Waals surface area contributed by atoms with Gasteiger partial charge in [0, 0.05) is 13.1 Å². The highest BCUT2D eigenvalue weighted by Gasteiger charge is 2.25. The molecular weight excluding hydrogens is 283 g/mol. The Labute approximate surface area is 122 Å². The number of anilines is 1. The lowest BCUT2D eigenvalue weighted by atomic mass is 9.97. The summed E-state index contributed by atoms with van der Waals surface area (Å²) in [7, 11) is 0. The quantitative estimate of drug-likeness (QED) is 0.899. The van der Waals surface area contributed by atoms with Gasteiger partial charge in [0.1, 0.15) is 5.82 Å². The number of aliphatic hydroxyl groups is 1. The number of nitrogens with zero attached hydrogens (tertiary/aromatic N) is 1. The topological polar surface area (TPSA) is 52.6 Å². The van der Waals surface area contributed by atoms with Gasteiger partial charge < -0.3 is 10.4 Å². The minimum Gasteiger partial charge on any atom is -0.393 e. The fraction of sp³-hybridized carbons (Fsp3) is 0.500. The predicted octanol–water partition coefficient (Wildman–Crippen LogP) is 2.12. The SMILES string of the molecule is CC1CN(CC(=O)Nc2ccc(F)cc2Cl)CCC1O. The smallest absolute Gasteiger partial charge is 0.238 e. The van der Waals surface area contributed by atoms with Crippen molar-refractivity contribution in [3.63, 3.8) is 0 Å². The summed E-state index contributed by atoms with van der Waals surface area (Å²) in [5.41, 5.74) is 0.406. The minimum absolute atomic E-state index is 0.158. The molecule has 6 heteroatoms. The van der Waals surface area contributed by atoms with Gasteiger partial charge in [0.05, 0.1) is 23.4 Å². The van der Waals surface area contributed by atoms with Gasteiger partial charge in [-0.1, -0.05) is 18.5 Å². The lowest BCUT2D eigenvalue weighted by Gasteiger charge is -2.33. The van der Waals surface area contributed by atoms with Crippen LogP contribution in [0.4, 0.5) is 10.1 Å². The molecule has 1 aliphatic heterocycles. The molecule has 2 N–H and O–H groups in total. The Balaban J connectivity index is 1.89. The number of carbonyl (C=O) groups excluding carboxylic acids is 1. The fourth-order valence-corrected chi connectivity index (χ4v) is 2.56. The molecule has 1 aromatic carbocycles. The van der Waals surface area contributed by atoms with Crippen LogP contribution in [0.25, 0.3) is 0 Å². The Bertz CT molecular complexity index is 498. The number of hydrogen-bond donors (Lipinski definition) is 2. The number of piperidine rings is 1. The van der Waals surface area contributed by atoms with Crippen molar-refractivity contribution >= 4 is 23.2 Å². The van der Waals surface area contributed by atoms with Gasteiger partial charge in [-0.3, -0.25) is 9.69 Å². The molecule has 1 amide bonds. The summed E-state index contributed by atoms with van der Waals surface area (Å²) < 4.78 is 12.9. The second kappa shape index (κ2) is 6.52. The largest absolute Gasteiger partial charge is 0.393 e. The number of carbonyl (C=O) groups is 1. The van der Waals surface area contributed by atoms with E-state index in [1.165, 1.54) is 12.1 Å². The molecule has 1 aromatic rings. The number of hydrogen-bond acceptors (Lipinski definition) is 3. The van der Waals surface area contributed by atoms with E-state index in [-0.39, 0.29) is 29.5 Å². The van der Waals surface area contributed by atoms with E-state index in [2.05, 4.69) is 5.32 Å². The molecule has 0 radical (unpaired) electrons. The van der Waals surface area contributed by atoms with Crippen LogP contribution < -0.4 is 5.32 Å². The van der Waals surface area contributed by atoms with Crippen molar-refractivity contribution in [2.24, 2.45) is 5.92 Å². The van der Waals surface area contributed by atoms with Gasteiger partial charge in [-0.05, 0) is 30.5 Å². The van der Waals surface area contributed by atoms with Crippen LogP contribution in [0, 0.1) is 11.7 Å². The number of aliphatic hydroxyl groups excluding tert-OH is 1. The van der Waals surface area contributed by atoms with E-state index in [9.17, 15) is 14.3 Å². The number of amides is 1. The summed E-state index contributed by atoms with van der Waals surface area (Å²) in [5.74, 6) is -0.472. The molecule has 2 unspecified atom stereocenters. The van der Waals surface area contributed by atoms with Gasteiger partial charge in [-0.2, -0.15) is 0 Å². The number of rotatable bonds is 3. The van der Waals surface area contributed by atoms with Crippen LogP contribution in [0.1, 0.15) is 13.3 Å². The maximum atomic E-state index is 12.9. The highest BCUT2D eigenvalue weighted by molar-refractivity contribution is 6.33. The number of likely N-dealkylation sites (tertiary alicyclic amines) is 1. The molecule has 1 fully saturated rings. The zero-order valence-electron chi connectivity index (χ0n) is 11.3. The van der Waals surface area contributed by atoms with Crippen molar-refractivity contribution < 1.29 is 14.3 Å². The minimum atomic E-state index is -0.438. The van der Waals surface area contributed by atoms with Gasteiger partial charge in [0.15, 0.2) is 0 Å². The number of nitrogens with one attached hydrogen (secondary N) is 1. The van der Waals surface area contributed by atoms with Crippen LogP contribution in [0.2, 0.25) is 5.02 Å². The van der Waals surface area contributed by atoms with E-state index >= 15 is 0 Å². The van der Waals surface area contributed by atoms with E-state index in [4.69, 9.17) is 11.6 Å². The van der Waals surface area contributed by atoms with Gasteiger partial charge in [-0.25, -0.2) is 4.39 Å². The van der Waals surface area contributed by atoms with Crippen molar-refractivity contribution in [1.29, 1.82) is 0 Å². The normalized spacial score (nSPS) is 23.6. The van der Waals surface area contributed by atoms with Crippen LogP contribution in [-0.4, -0.2) is 41.7 Å². The van der Waals surface area contributed by atoms with E-state index in [0.29, 0.717) is 25.2 Å². The maximum Gasteiger partial charge on any atom is 0.238 e. The Morgan fingerprint density at radius 1 is 1.60 bits per heavy atom. The molecule has 110 valence electrons. The zero-order valence-corrected chi connectivity index (χ0v) is 12.0. The summed E-state index contributed by atoms with van der Waals surface area (Å²) >= 11 is 5.86. The molecule has 0 bridgehead atoms. The van der Waals surface area contributed by atoms with Crippen LogP contribution in [0.3, 0.4) is 0 Å². The van der Waals surface area contributed by atoms with E-state index in [1.807, 2.05) is 11.8 Å². The van der Waals surface area contributed by atoms with Crippen LogP contribution in [0.15, 0.2) is 18.2 Å². The second-order valence-electron chi connectivity index (χ2n) is 5.24. The molecule has 0 spiro atoms. The van der Waals surface area contributed by atoms with Crippen molar-refractivity contribution in [3.05, 3.63) is 29.0 Å². The van der Waals surface area contributed by atoms with Gasteiger partial charge in [0.2, 0.25) is 5.91 Å². The number of halogens is 2. The molecular formula is C14H18ClFN2O2.